The van der Waals surface area contributed by atoms with Crippen LogP contribution in [-0.2, 0) is 6.42 Å². The summed E-state index contributed by atoms with van der Waals surface area (Å²) in [6.45, 7) is 6.82. The van der Waals surface area contributed by atoms with Gasteiger partial charge in [0.15, 0.2) is 0 Å². The number of ether oxygens (including phenoxy) is 1. The van der Waals surface area contributed by atoms with E-state index < -0.39 is 0 Å². The van der Waals surface area contributed by atoms with E-state index in [2.05, 4.69) is 50.2 Å². The molecule has 0 fully saturated rings. The molecule has 1 nitrogen and oxygen atoms in total. The summed E-state index contributed by atoms with van der Waals surface area (Å²) in [4.78, 5) is 0. The number of hydrogen-bond donors (Lipinski definition) is 0. The summed E-state index contributed by atoms with van der Waals surface area (Å²) >= 11 is 6.61. The van der Waals surface area contributed by atoms with Crippen molar-refractivity contribution in [2.75, 3.05) is 6.61 Å². The molecule has 0 spiro atoms. The molecule has 2 heteroatoms. The van der Waals surface area contributed by atoms with Crippen LogP contribution in [-0.4, -0.2) is 6.61 Å². The molecule has 0 aliphatic carbocycles. The summed E-state index contributed by atoms with van der Waals surface area (Å²) in [6, 6.07) is 14.7. The molecular weight excluding hydrogens is 268 g/mol. The van der Waals surface area contributed by atoms with E-state index in [-0.39, 0.29) is 5.38 Å². The van der Waals surface area contributed by atoms with Gasteiger partial charge in [-0.2, -0.15) is 0 Å². The van der Waals surface area contributed by atoms with Gasteiger partial charge in [-0.1, -0.05) is 47.5 Å². The molecule has 0 aliphatic heterocycles. The van der Waals surface area contributed by atoms with E-state index in [1.54, 1.807) is 0 Å². The molecule has 2 rings (SSSR count). The average Bonchev–Trinajstić information content (AvgIpc) is 2.43. The number of alkyl halides is 1. The molecule has 1 unspecified atom stereocenters. The molecule has 0 radical (unpaired) electrons. The highest BCUT2D eigenvalue weighted by Crippen LogP contribution is 2.33. The maximum atomic E-state index is 6.61. The molecule has 0 aliphatic rings. The van der Waals surface area contributed by atoms with Gasteiger partial charge in [0.2, 0.25) is 0 Å². The third-order valence-corrected chi connectivity index (χ3v) is 3.73. The monoisotopic (exact) mass is 288 g/mol. The summed E-state index contributed by atoms with van der Waals surface area (Å²) in [5, 5.41) is -0.0702. The van der Waals surface area contributed by atoms with Crippen LogP contribution in [0.5, 0.6) is 5.75 Å². The van der Waals surface area contributed by atoms with E-state index in [0.29, 0.717) is 6.61 Å². The Morgan fingerprint density at radius 1 is 1.00 bits per heavy atom. The fraction of sp³-hybridized carbons (Fsp3) is 0.333. The minimum atomic E-state index is -0.0702. The van der Waals surface area contributed by atoms with Crippen LogP contribution < -0.4 is 4.74 Å². The van der Waals surface area contributed by atoms with Crippen LogP contribution in [0.4, 0.5) is 0 Å². The molecule has 1 atom stereocenters. The minimum absolute atomic E-state index is 0.0702. The van der Waals surface area contributed by atoms with E-state index in [9.17, 15) is 0 Å². The molecule has 2 aromatic carbocycles. The summed E-state index contributed by atoms with van der Waals surface area (Å²) in [7, 11) is 0. The van der Waals surface area contributed by atoms with Crippen LogP contribution in [0.3, 0.4) is 0 Å². The first kappa shape index (κ1) is 14.9. The number of aryl methyl sites for hydroxylation is 2. The Morgan fingerprint density at radius 2 is 1.65 bits per heavy atom. The van der Waals surface area contributed by atoms with Gasteiger partial charge < -0.3 is 4.74 Å². The van der Waals surface area contributed by atoms with Gasteiger partial charge in [0.1, 0.15) is 5.75 Å². The van der Waals surface area contributed by atoms with Gasteiger partial charge in [0, 0.05) is 5.56 Å². The number of hydrogen-bond acceptors (Lipinski definition) is 1. The van der Waals surface area contributed by atoms with Crippen LogP contribution >= 0.6 is 11.6 Å². The lowest BCUT2D eigenvalue weighted by Crippen LogP contribution is -2.02. The Kier molecular flexibility index (Phi) is 5.08. The summed E-state index contributed by atoms with van der Waals surface area (Å²) < 4.78 is 5.69. The molecule has 20 heavy (non-hydrogen) atoms. The average molecular weight is 289 g/mol. The van der Waals surface area contributed by atoms with Gasteiger partial charge in [-0.3, -0.25) is 0 Å². The first-order chi connectivity index (χ1) is 9.60. The van der Waals surface area contributed by atoms with E-state index in [1.165, 1.54) is 16.7 Å². The first-order valence-corrected chi connectivity index (χ1v) is 7.46. The predicted molar refractivity (Wildman–Crippen MR) is 85.8 cm³/mol. The maximum Gasteiger partial charge on any atom is 0.123 e. The van der Waals surface area contributed by atoms with Gasteiger partial charge in [0.25, 0.3) is 0 Å². The van der Waals surface area contributed by atoms with Crippen molar-refractivity contribution in [3.63, 3.8) is 0 Å². The Balaban J connectivity index is 2.21. The van der Waals surface area contributed by atoms with Crippen LogP contribution in [0, 0.1) is 13.8 Å². The second-order valence-corrected chi connectivity index (χ2v) is 5.66. The molecule has 0 bridgehead atoms. The van der Waals surface area contributed by atoms with E-state index in [0.717, 1.165) is 17.7 Å². The van der Waals surface area contributed by atoms with E-state index in [4.69, 9.17) is 16.3 Å². The van der Waals surface area contributed by atoms with Crippen molar-refractivity contribution in [2.24, 2.45) is 0 Å². The zero-order valence-corrected chi connectivity index (χ0v) is 13.1. The minimum Gasteiger partial charge on any atom is -0.494 e. The normalized spacial score (nSPS) is 12.2. The SMILES string of the molecule is CCOc1ccc(C)cc1C(Cl)Cc1ccc(C)cc1. The maximum absolute atomic E-state index is 6.61. The van der Waals surface area contributed by atoms with Crippen molar-refractivity contribution in [3.05, 3.63) is 64.7 Å². The highest BCUT2D eigenvalue weighted by atomic mass is 35.5. The smallest absolute Gasteiger partial charge is 0.123 e. The molecule has 0 amide bonds. The Labute approximate surface area is 126 Å². The highest BCUT2D eigenvalue weighted by Gasteiger charge is 2.14. The third-order valence-electron chi connectivity index (χ3n) is 3.34. The van der Waals surface area contributed by atoms with Gasteiger partial charge in [-0.15, -0.1) is 11.6 Å². The van der Waals surface area contributed by atoms with Gasteiger partial charge in [-0.25, -0.2) is 0 Å². The predicted octanol–water partition coefficient (Wildman–Crippen LogP) is 5.22. The Morgan fingerprint density at radius 3 is 2.30 bits per heavy atom. The van der Waals surface area contributed by atoms with Crippen molar-refractivity contribution in [2.45, 2.75) is 32.6 Å². The van der Waals surface area contributed by atoms with Crippen LogP contribution in [0.25, 0.3) is 0 Å². The summed E-state index contributed by atoms with van der Waals surface area (Å²) in [5.41, 5.74) is 4.80. The molecule has 0 heterocycles. The summed E-state index contributed by atoms with van der Waals surface area (Å²) in [6.07, 6.45) is 0.811. The van der Waals surface area contributed by atoms with Gasteiger partial charge in [0.05, 0.1) is 12.0 Å². The lowest BCUT2D eigenvalue weighted by molar-refractivity contribution is 0.336. The molecule has 2 aromatic rings. The van der Waals surface area contributed by atoms with Crippen LogP contribution in [0.2, 0.25) is 0 Å². The second kappa shape index (κ2) is 6.81. The van der Waals surface area contributed by atoms with Crippen molar-refractivity contribution in [1.82, 2.24) is 0 Å². The van der Waals surface area contributed by atoms with Crippen molar-refractivity contribution in [3.8, 4) is 5.75 Å². The molecule has 0 saturated heterocycles. The zero-order valence-electron chi connectivity index (χ0n) is 12.3. The van der Waals surface area contributed by atoms with Crippen molar-refractivity contribution >= 4 is 11.6 Å². The number of halogens is 1. The van der Waals surface area contributed by atoms with Crippen molar-refractivity contribution < 1.29 is 4.74 Å². The second-order valence-electron chi connectivity index (χ2n) is 5.13. The Bertz CT molecular complexity index is 560. The first-order valence-electron chi connectivity index (χ1n) is 7.03. The molecule has 0 aromatic heterocycles. The number of rotatable bonds is 5. The highest BCUT2D eigenvalue weighted by molar-refractivity contribution is 6.21. The topological polar surface area (TPSA) is 9.23 Å². The Hall–Kier alpha value is -1.47. The third kappa shape index (κ3) is 3.77. The fourth-order valence-corrected chi connectivity index (χ4v) is 2.59. The largest absolute Gasteiger partial charge is 0.494 e. The van der Waals surface area contributed by atoms with Gasteiger partial charge >= 0.3 is 0 Å². The molecule has 106 valence electrons. The quantitative estimate of drug-likeness (QED) is 0.685. The summed E-state index contributed by atoms with van der Waals surface area (Å²) in [5.74, 6) is 0.894. The molecule has 0 saturated carbocycles. The lowest BCUT2D eigenvalue weighted by Gasteiger charge is -2.16. The van der Waals surface area contributed by atoms with Gasteiger partial charge in [-0.05, 0) is 38.8 Å². The molecule has 0 N–H and O–H groups in total. The van der Waals surface area contributed by atoms with E-state index in [1.807, 2.05) is 13.0 Å². The van der Waals surface area contributed by atoms with Crippen LogP contribution in [0.15, 0.2) is 42.5 Å². The van der Waals surface area contributed by atoms with Crippen LogP contribution in [0.1, 0.15) is 34.6 Å². The number of benzene rings is 2. The zero-order chi connectivity index (χ0) is 14.5. The fourth-order valence-electron chi connectivity index (χ4n) is 2.24. The molecular formula is C18H21ClO. The van der Waals surface area contributed by atoms with E-state index >= 15 is 0 Å². The van der Waals surface area contributed by atoms with Crippen molar-refractivity contribution in [1.29, 1.82) is 0 Å². The standard InChI is InChI=1S/C18H21ClO/c1-4-20-18-10-7-14(3)11-16(18)17(19)12-15-8-5-13(2)6-9-15/h5-11,17H,4,12H2,1-3H3. The lowest BCUT2D eigenvalue weighted by atomic mass is 10.0.